The van der Waals surface area contributed by atoms with Gasteiger partial charge >= 0.3 is 0 Å². The van der Waals surface area contributed by atoms with Gasteiger partial charge in [-0.25, -0.2) is 0 Å². The highest BCUT2D eigenvalue weighted by molar-refractivity contribution is 7.80. The van der Waals surface area contributed by atoms with Gasteiger partial charge in [-0.2, -0.15) is 10.2 Å². The van der Waals surface area contributed by atoms with Crippen LogP contribution in [-0.2, 0) is 0 Å². The van der Waals surface area contributed by atoms with E-state index in [2.05, 4.69) is 26.2 Å². The van der Waals surface area contributed by atoms with Gasteiger partial charge in [-0.3, -0.25) is 4.79 Å². The van der Waals surface area contributed by atoms with E-state index in [4.69, 9.17) is 47.0 Å². The fourth-order valence-corrected chi connectivity index (χ4v) is 3.68. The van der Waals surface area contributed by atoms with Crippen molar-refractivity contribution in [1.82, 2.24) is 10.6 Å². The van der Waals surface area contributed by atoms with Crippen molar-refractivity contribution in [2.75, 3.05) is 5.32 Å². The van der Waals surface area contributed by atoms with Gasteiger partial charge in [-0.05, 0) is 80.5 Å². The number of halogens is 3. The summed E-state index contributed by atoms with van der Waals surface area (Å²) in [7, 11) is 0. The van der Waals surface area contributed by atoms with Crippen molar-refractivity contribution in [1.29, 1.82) is 0 Å². The highest BCUT2D eigenvalue weighted by Gasteiger charge is 2.35. The minimum Gasteiger partial charge on any atom is -0.339 e. The summed E-state index contributed by atoms with van der Waals surface area (Å²) in [5.41, 5.74) is 5.53. The topological polar surface area (TPSA) is 77.9 Å². The van der Waals surface area contributed by atoms with E-state index in [9.17, 15) is 4.79 Å². The summed E-state index contributed by atoms with van der Waals surface area (Å²) in [6.07, 6.45) is -1.08. The molecule has 10 heteroatoms. The van der Waals surface area contributed by atoms with Crippen LogP contribution >= 0.6 is 47.0 Å². The zero-order valence-electron chi connectivity index (χ0n) is 19.3. The molecule has 0 aliphatic carbocycles. The molecule has 1 amide bonds. The number of anilines is 1. The number of thiocarbonyl (C=S) groups is 1. The van der Waals surface area contributed by atoms with Crippen LogP contribution in [0, 0.1) is 20.8 Å². The number of carbonyl (C=O) groups excluding carboxylic acids is 1. The molecule has 0 saturated heterocycles. The van der Waals surface area contributed by atoms with Crippen LogP contribution in [0.3, 0.4) is 0 Å². The quantitative estimate of drug-likeness (QED) is 0.129. The second-order valence-electron chi connectivity index (χ2n) is 7.90. The maximum absolute atomic E-state index is 12.7. The van der Waals surface area contributed by atoms with Crippen LogP contribution in [0.4, 0.5) is 17.1 Å². The first-order valence-electron chi connectivity index (χ1n) is 10.6. The SMILES string of the molecule is Cc1cccc(C(=O)NC(NC(=S)Nc2ccc(N=Nc3ccccc3C)cc2C)C(Cl)(Cl)Cl)c1. The molecule has 3 rings (SSSR count). The minimum atomic E-state index is -1.86. The molecule has 0 aromatic heterocycles. The Bertz CT molecular complexity index is 1260. The standard InChI is InChI=1S/C25H24Cl3N5OS/c1-15-7-6-9-18(13-15)22(34)30-23(25(26,27)28)31-24(35)29-20-12-11-19(14-17(20)3)32-33-21-10-5-4-8-16(21)2/h4-14,23H,1-3H3,(H,30,34)(H2,29,31,35). The van der Waals surface area contributed by atoms with E-state index in [1.165, 1.54) is 0 Å². The Morgan fingerprint density at radius 2 is 1.63 bits per heavy atom. The van der Waals surface area contributed by atoms with Crippen molar-refractivity contribution >= 4 is 75.1 Å². The molecule has 0 aliphatic rings. The van der Waals surface area contributed by atoms with Crippen LogP contribution in [-0.4, -0.2) is 21.0 Å². The van der Waals surface area contributed by atoms with Gasteiger partial charge < -0.3 is 16.0 Å². The molecule has 0 aliphatic heterocycles. The Balaban J connectivity index is 1.67. The van der Waals surface area contributed by atoms with Crippen LogP contribution in [0.15, 0.2) is 77.0 Å². The molecule has 1 atom stereocenters. The van der Waals surface area contributed by atoms with E-state index in [1.807, 2.05) is 69.3 Å². The fourth-order valence-electron chi connectivity index (χ4n) is 3.13. The molecular formula is C25H24Cl3N5OS. The van der Waals surface area contributed by atoms with Gasteiger partial charge in [-0.1, -0.05) is 70.7 Å². The number of nitrogens with zero attached hydrogens (tertiary/aromatic N) is 2. The Kier molecular flexibility index (Phi) is 9.08. The molecular weight excluding hydrogens is 525 g/mol. The molecule has 6 nitrogen and oxygen atoms in total. The van der Waals surface area contributed by atoms with Gasteiger partial charge in [-0.15, -0.1) is 0 Å². The molecule has 1 unspecified atom stereocenters. The molecule has 0 heterocycles. The number of rotatable bonds is 6. The molecule has 3 aromatic rings. The Hall–Kier alpha value is -2.71. The summed E-state index contributed by atoms with van der Waals surface area (Å²) < 4.78 is -1.86. The molecule has 0 fully saturated rings. The van der Waals surface area contributed by atoms with Crippen LogP contribution in [0.25, 0.3) is 0 Å². The number of azo groups is 1. The molecule has 0 bridgehead atoms. The van der Waals surface area contributed by atoms with Gasteiger partial charge in [0.1, 0.15) is 6.17 Å². The number of amides is 1. The predicted molar refractivity (Wildman–Crippen MR) is 149 cm³/mol. The lowest BCUT2D eigenvalue weighted by atomic mass is 10.1. The lowest BCUT2D eigenvalue weighted by Gasteiger charge is -2.28. The zero-order valence-corrected chi connectivity index (χ0v) is 22.4. The van der Waals surface area contributed by atoms with Crippen molar-refractivity contribution < 1.29 is 4.79 Å². The highest BCUT2D eigenvalue weighted by Crippen LogP contribution is 2.30. The number of carbonyl (C=O) groups is 1. The van der Waals surface area contributed by atoms with E-state index in [0.717, 1.165) is 28.1 Å². The summed E-state index contributed by atoms with van der Waals surface area (Å²) in [5.74, 6) is -0.403. The van der Waals surface area contributed by atoms with E-state index in [1.54, 1.807) is 18.2 Å². The van der Waals surface area contributed by atoms with Crippen molar-refractivity contribution in [3.63, 3.8) is 0 Å². The first-order valence-corrected chi connectivity index (χ1v) is 12.2. The molecule has 0 saturated carbocycles. The number of alkyl halides is 3. The van der Waals surface area contributed by atoms with Crippen LogP contribution in [0.1, 0.15) is 27.0 Å². The molecule has 0 radical (unpaired) electrons. The molecule has 35 heavy (non-hydrogen) atoms. The number of nitrogens with one attached hydrogen (secondary N) is 3. The molecule has 182 valence electrons. The van der Waals surface area contributed by atoms with Gasteiger partial charge in [0.25, 0.3) is 5.91 Å². The van der Waals surface area contributed by atoms with Gasteiger partial charge in [0.15, 0.2) is 5.11 Å². The van der Waals surface area contributed by atoms with Crippen LogP contribution in [0.2, 0.25) is 0 Å². The number of aryl methyl sites for hydroxylation is 3. The summed E-state index contributed by atoms with van der Waals surface area (Å²) in [5, 5.41) is 17.4. The Morgan fingerprint density at radius 3 is 2.29 bits per heavy atom. The zero-order chi connectivity index (χ0) is 25.6. The van der Waals surface area contributed by atoms with Gasteiger partial charge in [0.2, 0.25) is 3.79 Å². The van der Waals surface area contributed by atoms with E-state index in [0.29, 0.717) is 11.3 Å². The minimum absolute atomic E-state index is 0.170. The average Bonchev–Trinajstić information content (AvgIpc) is 2.79. The predicted octanol–water partition coefficient (Wildman–Crippen LogP) is 7.44. The van der Waals surface area contributed by atoms with Crippen LogP contribution < -0.4 is 16.0 Å². The van der Waals surface area contributed by atoms with E-state index < -0.39 is 15.9 Å². The number of benzene rings is 3. The van der Waals surface area contributed by atoms with Crippen LogP contribution in [0.5, 0.6) is 0 Å². The number of hydrogen-bond acceptors (Lipinski definition) is 4. The van der Waals surface area contributed by atoms with Crippen molar-refractivity contribution in [2.24, 2.45) is 10.2 Å². The van der Waals surface area contributed by atoms with E-state index >= 15 is 0 Å². The van der Waals surface area contributed by atoms with Crippen molar-refractivity contribution in [2.45, 2.75) is 30.7 Å². The first kappa shape index (κ1) is 26.9. The Labute approximate surface area is 225 Å². The molecule has 3 aromatic carbocycles. The highest BCUT2D eigenvalue weighted by atomic mass is 35.6. The average molecular weight is 549 g/mol. The van der Waals surface area contributed by atoms with Crippen molar-refractivity contribution in [3.8, 4) is 0 Å². The molecule has 0 spiro atoms. The largest absolute Gasteiger partial charge is 0.339 e. The van der Waals surface area contributed by atoms with E-state index in [-0.39, 0.29) is 5.11 Å². The van der Waals surface area contributed by atoms with Crippen molar-refractivity contribution in [3.05, 3.63) is 89.0 Å². The smallest absolute Gasteiger partial charge is 0.252 e. The first-order chi connectivity index (χ1) is 16.5. The maximum atomic E-state index is 12.7. The lowest BCUT2D eigenvalue weighted by Crippen LogP contribution is -2.56. The third kappa shape index (κ3) is 7.90. The summed E-state index contributed by atoms with van der Waals surface area (Å²) in [6.45, 7) is 5.77. The monoisotopic (exact) mass is 547 g/mol. The fraction of sp³-hybridized carbons (Fsp3) is 0.200. The van der Waals surface area contributed by atoms with Gasteiger partial charge in [0, 0.05) is 11.3 Å². The summed E-state index contributed by atoms with van der Waals surface area (Å²) in [4.78, 5) is 12.7. The summed E-state index contributed by atoms with van der Waals surface area (Å²) >= 11 is 23.7. The lowest BCUT2D eigenvalue weighted by molar-refractivity contribution is 0.0934. The third-order valence-electron chi connectivity index (χ3n) is 5.01. The normalized spacial score (nSPS) is 12.3. The second-order valence-corrected chi connectivity index (χ2v) is 10.7. The van der Waals surface area contributed by atoms with Gasteiger partial charge in [0.05, 0.1) is 11.4 Å². The maximum Gasteiger partial charge on any atom is 0.252 e. The Morgan fingerprint density at radius 1 is 0.886 bits per heavy atom. The molecule has 3 N–H and O–H groups in total. The second kappa shape index (κ2) is 11.8. The number of hydrogen-bond donors (Lipinski definition) is 3. The summed E-state index contributed by atoms with van der Waals surface area (Å²) in [6, 6.07) is 20.4. The third-order valence-corrected chi connectivity index (χ3v) is 5.88.